The molecule has 1 aromatic rings. The van der Waals surface area contributed by atoms with Crippen molar-refractivity contribution in [2.75, 3.05) is 6.54 Å². The number of sulfonamides is 1. The molecule has 0 aliphatic heterocycles. The van der Waals surface area contributed by atoms with Crippen LogP contribution in [0.1, 0.15) is 19.8 Å². The number of nitrogens with one attached hydrogen (secondary N) is 1. The first-order chi connectivity index (χ1) is 9.66. The van der Waals surface area contributed by atoms with Gasteiger partial charge in [0.2, 0.25) is 10.0 Å². The number of halogens is 3. The Morgan fingerprint density at radius 1 is 1.29 bits per heavy atom. The van der Waals surface area contributed by atoms with E-state index in [1.165, 1.54) is 6.92 Å². The quantitative estimate of drug-likeness (QED) is 0.592. The zero-order chi connectivity index (χ0) is 16.2. The van der Waals surface area contributed by atoms with Gasteiger partial charge in [0.15, 0.2) is 17.5 Å². The second-order valence-corrected chi connectivity index (χ2v) is 6.19. The smallest absolute Gasteiger partial charge is 0.306 e. The fourth-order valence-corrected chi connectivity index (χ4v) is 2.67. The molecule has 9 heteroatoms. The van der Waals surface area contributed by atoms with Crippen molar-refractivity contribution in [2.45, 2.75) is 24.7 Å². The molecule has 0 heterocycles. The summed E-state index contributed by atoms with van der Waals surface area (Å²) >= 11 is 0. The predicted molar refractivity (Wildman–Crippen MR) is 67.5 cm³/mol. The lowest BCUT2D eigenvalue weighted by molar-refractivity contribution is -0.141. The number of carboxylic acid groups (broad SMARTS) is 1. The number of carbonyl (C=O) groups is 1. The maximum Gasteiger partial charge on any atom is 0.306 e. The van der Waals surface area contributed by atoms with E-state index in [2.05, 4.69) is 0 Å². The average molecular weight is 325 g/mol. The van der Waals surface area contributed by atoms with E-state index in [1.54, 1.807) is 0 Å². The van der Waals surface area contributed by atoms with Crippen LogP contribution in [0.4, 0.5) is 13.2 Å². The van der Waals surface area contributed by atoms with E-state index in [4.69, 9.17) is 5.11 Å². The van der Waals surface area contributed by atoms with E-state index >= 15 is 0 Å². The van der Waals surface area contributed by atoms with Crippen LogP contribution in [0.5, 0.6) is 0 Å². The summed E-state index contributed by atoms with van der Waals surface area (Å²) < 4.78 is 64.6. The molecular formula is C12H14F3NO4S. The Morgan fingerprint density at radius 3 is 2.48 bits per heavy atom. The van der Waals surface area contributed by atoms with E-state index in [0.717, 1.165) is 0 Å². The monoisotopic (exact) mass is 325 g/mol. The molecule has 1 aromatic carbocycles. The van der Waals surface area contributed by atoms with Gasteiger partial charge in [-0.3, -0.25) is 4.79 Å². The van der Waals surface area contributed by atoms with E-state index < -0.39 is 44.3 Å². The van der Waals surface area contributed by atoms with Crippen molar-refractivity contribution in [3.05, 3.63) is 29.6 Å². The van der Waals surface area contributed by atoms with Gasteiger partial charge in [-0.1, -0.05) is 6.92 Å². The van der Waals surface area contributed by atoms with Crippen molar-refractivity contribution in [3.63, 3.8) is 0 Å². The van der Waals surface area contributed by atoms with E-state index in [-0.39, 0.29) is 19.4 Å². The summed E-state index contributed by atoms with van der Waals surface area (Å²) in [5.41, 5.74) is 0. The fourth-order valence-electron chi connectivity index (χ4n) is 1.53. The van der Waals surface area contributed by atoms with Gasteiger partial charge in [0, 0.05) is 6.54 Å². The summed E-state index contributed by atoms with van der Waals surface area (Å²) in [6.45, 7) is 1.32. The Balaban J connectivity index is 2.71. The molecule has 0 saturated carbocycles. The van der Waals surface area contributed by atoms with E-state index in [1.807, 2.05) is 4.72 Å². The standard InChI is InChI=1S/C12H14F3NO4S/c1-7(12(17)18)3-2-6-16-21(19,20)9-5-4-8(13)10(14)11(9)15/h4-5,7,16H,2-3,6H2,1H3,(H,17,18). The lowest BCUT2D eigenvalue weighted by atomic mass is 10.1. The molecule has 0 aliphatic carbocycles. The Labute approximate surface area is 119 Å². The van der Waals surface area contributed by atoms with Crippen molar-refractivity contribution in [2.24, 2.45) is 5.92 Å². The van der Waals surface area contributed by atoms with Gasteiger partial charge in [0.1, 0.15) is 4.90 Å². The van der Waals surface area contributed by atoms with Gasteiger partial charge in [-0.05, 0) is 25.0 Å². The van der Waals surface area contributed by atoms with Crippen LogP contribution in [-0.4, -0.2) is 26.0 Å². The highest BCUT2D eigenvalue weighted by atomic mass is 32.2. The van der Waals surface area contributed by atoms with Crippen LogP contribution in [0.2, 0.25) is 0 Å². The molecule has 118 valence electrons. The van der Waals surface area contributed by atoms with Crippen LogP contribution >= 0.6 is 0 Å². The summed E-state index contributed by atoms with van der Waals surface area (Å²) in [6, 6.07) is 1.13. The molecule has 1 atom stereocenters. The zero-order valence-corrected chi connectivity index (χ0v) is 11.9. The van der Waals surface area contributed by atoms with Crippen LogP contribution in [0.3, 0.4) is 0 Å². The number of rotatable bonds is 7. The van der Waals surface area contributed by atoms with Crippen LogP contribution < -0.4 is 4.72 Å². The summed E-state index contributed by atoms with van der Waals surface area (Å²) in [4.78, 5) is 9.57. The highest BCUT2D eigenvalue weighted by Gasteiger charge is 2.23. The number of carboxylic acids is 1. The van der Waals surface area contributed by atoms with Crippen LogP contribution in [-0.2, 0) is 14.8 Å². The minimum absolute atomic E-state index is 0.140. The number of hydrogen-bond donors (Lipinski definition) is 2. The second-order valence-electron chi connectivity index (χ2n) is 4.45. The molecule has 0 saturated heterocycles. The molecule has 0 aliphatic rings. The van der Waals surface area contributed by atoms with Gasteiger partial charge in [-0.15, -0.1) is 0 Å². The highest BCUT2D eigenvalue weighted by molar-refractivity contribution is 7.89. The van der Waals surface area contributed by atoms with Crippen molar-refractivity contribution in [1.82, 2.24) is 4.72 Å². The summed E-state index contributed by atoms with van der Waals surface area (Å²) in [6.07, 6.45) is 0.427. The zero-order valence-electron chi connectivity index (χ0n) is 11.1. The van der Waals surface area contributed by atoms with Crippen LogP contribution in [0, 0.1) is 23.4 Å². The third-order valence-electron chi connectivity index (χ3n) is 2.82. The molecule has 0 fully saturated rings. The predicted octanol–water partition coefficient (Wildman–Crippen LogP) is 1.88. The fraction of sp³-hybridized carbons (Fsp3) is 0.417. The minimum Gasteiger partial charge on any atom is -0.481 e. The minimum atomic E-state index is -4.33. The Kier molecular flexibility index (Phi) is 5.73. The normalized spacial score (nSPS) is 13.1. The molecule has 2 N–H and O–H groups in total. The van der Waals surface area contributed by atoms with Gasteiger partial charge in [-0.2, -0.15) is 0 Å². The van der Waals surface area contributed by atoms with E-state index in [9.17, 15) is 26.4 Å². The maximum atomic E-state index is 13.4. The van der Waals surface area contributed by atoms with Crippen molar-refractivity contribution in [3.8, 4) is 0 Å². The molecule has 0 amide bonds. The topological polar surface area (TPSA) is 83.5 Å². The number of aliphatic carboxylic acids is 1. The van der Waals surface area contributed by atoms with Crippen molar-refractivity contribution < 1.29 is 31.5 Å². The van der Waals surface area contributed by atoms with Gasteiger partial charge < -0.3 is 5.11 Å². The summed E-state index contributed by atoms with van der Waals surface area (Å²) in [7, 11) is -4.33. The number of benzene rings is 1. The lowest BCUT2D eigenvalue weighted by Crippen LogP contribution is -2.26. The van der Waals surface area contributed by atoms with Gasteiger partial charge in [-0.25, -0.2) is 26.3 Å². The summed E-state index contributed by atoms with van der Waals surface area (Å²) in [5, 5.41) is 8.65. The molecule has 0 spiro atoms. The molecular weight excluding hydrogens is 311 g/mol. The average Bonchev–Trinajstić information content (AvgIpc) is 2.40. The first-order valence-electron chi connectivity index (χ1n) is 6.02. The van der Waals surface area contributed by atoms with E-state index in [0.29, 0.717) is 12.1 Å². The second kappa shape index (κ2) is 6.90. The maximum absolute atomic E-state index is 13.4. The third-order valence-corrected chi connectivity index (χ3v) is 4.30. The Hall–Kier alpha value is -1.61. The largest absolute Gasteiger partial charge is 0.481 e. The SMILES string of the molecule is CC(CCCNS(=O)(=O)c1ccc(F)c(F)c1F)C(=O)O. The third kappa shape index (κ3) is 4.43. The molecule has 0 aromatic heterocycles. The van der Waals surface area contributed by atoms with Crippen molar-refractivity contribution in [1.29, 1.82) is 0 Å². The lowest BCUT2D eigenvalue weighted by Gasteiger charge is -2.09. The molecule has 21 heavy (non-hydrogen) atoms. The first kappa shape index (κ1) is 17.4. The van der Waals surface area contributed by atoms with Gasteiger partial charge >= 0.3 is 5.97 Å². The highest BCUT2D eigenvalue weighted by Crippen LogP contribution is 2.19. The molecule has 1 rings (SSSR count). The molecule has 5 nitrogen and oxygen atoms in total. The molecule has 0 bridgehead atoms. The van der Waals surface area contributed by atoms with Crippen LogP contribution in [0.25, 0.3) is 0 Å². The van der Waals surface area contributed by atoms with Crippen molar-refractivity contribution >= 4 is 16.0 Å². The molecule has 1 unspecified atom stereocenters. The Morgan fingerprint density at radius 2 is 1.90 bits per heavy atom. The molecule has 0 radical (unpaired) electrons. The summed E-state index contributed by atoms with van der Waals surface area (Å²) in [5.74, 6) is -6.79. The van der Waals surface area contributed by atoms with Gasteiger partial charge in [0.25, 0.3) is 0 Å². The number of hydrogen-bond acceptors (Lipinski definition) is 3. The first-order valence-corrected chi connectivity index (χ1v) is 7.51. The Bertz CT molecular complexity index is 634. The van der Waals surface area contributed by atoms with Gasteiger partial charge in [0.05, 0.1) is 5.92 Å². The van der Waals surface area contributed by atoms with Crippen LogP contribution in [0.15, 0.2) is 17.0 Å².